The number of nitrogens with one attached hydrogen (secondary N) is 1. The Bertz CT molecular complexity index is 584. The zero-order valence-electron chi connectivity index (χ0n) is 10.4. The topological polar surface area (TPSA) is 59.8 Å². The van der Waals surface area contributed by atoms with Crippen LogP contribution < -0.4 is 5.32 Å². The maximum atomic E-state index is 11.2. The summed E-state index contributed by atoms with van der Waals surface area (Å²) in [5.74, 6) is 0.595. The average Bonchev–Trinajstić information content (AvgIpc) is 3.03. The smallest absolute Gasteiger partial charge is 0.224 e. The van der Waals surface area contributed by atoms with E-state index in [0.29, 0.717) is 17.7 Å². The molecule has 0 unspecified atom stereocenters. The summed E-state index contributed by atoms with van der Waals surface area (Å²) in [7, 11) is 1.80. The monoisotopic (exact) mass is 244 g/mol. The quantitative estimate of drug-likeness (QED) is 0.842. The predicted octanol–water partition coefficient (Wildman–Crippen LogP) is 2.40. The number of rotatable bonds is 3. The number of nitrogens with zero attached hydrogens (tertiary/aromatic N) is 3. The van der Waals surface area contributed by atoms with Crippen LogP contribution in [-0.4, -0.2) is 27.9 Å². The van der Waals surface area contributed by atoms with Crippen LogP contribution in [0.5, 0.6) is 0 Å². The molecule has 94 valence electrons. The summed E-state index contributed by atoms with van der Waals surface area (Å²) in [6.45, 7) is 0. The molecule has 3 rings (SSSR count). The first kappa shape index (κ1) is 11.2. The van der Waals surface area contributed by atoms with Crippen molar-refractivity contribution in [1.29, 1.82) is 0 Å². The second kappa shape index (κ2) is 4.40. The number of carbonyl (C=O) groups excluding carboxylic acids is 1. The highest BCUT2D eigenvalue weighted by Gasteiger charge is 2.22. The summed E-state index contributed by atoms with van der Waals surface area (Å²) in [5, 5.41) is 3.87. The van der Waals surface area contributed by atoms with Gasteiger partial charge < -0.3 is 9.88 Å². The fourth-order valence-electron chi connectivity index (χ4n) is 2.79. The van der Waals surface area contributed by atoms with E-state index < -0.39 is 0 Å². The number of anilines is 1. The van der Waals surface area contributed by atoms with Crippen molar-refractivity contribution in [3.05, 3.63) is 18.0 Å². The zero-order valence-corrected chi connectivity index (χ0v) is 10.4. The third-order valence-corrected chi connectivity index (χ3v) is 3.64. The molecule has 2 heterocycles. The van der Waals surface area contributed by atoms with Gasteiger partial charge in [-0.15, -0.1) is 0 Å². The Kier molecular flexibility index (Phi) is 2.74. The molecule has 0 bridgehead atoms. The molecule has 1 saturated carbocycles. The predicted molar refractivity (Wildman–Crippen MR) is 70.0 cm³/mol. The van der Waals surface area contributed by atoms with E-state index in [0.717, 1.165) is 30.2 Å². The lowest BCUT2D eigenvalue weighted by molar-refractivity contribution is 0.111. The van der Waals surface area contributed by atoms with E-state index in [4.69, 9.17) is 0 Å². The molecule has 1 fully saturated rings. The molecule has 1 N–H and O–H groups in total. The van der Waals surface area contributed by atoms with E-state index in [1.165, 1.54) is 12.8 Å². The molecular weight excluding hydrogens is 228 g/mol. The third-order valence-electron chi connectivity index (χ3n) is 3.64. The van der Waals surface area contributed by atoms with Crippen LogP contribution in [0.1, 0.15) is 42.2 Å². The molecule has 0 aromatic carbocycles. The first-order chi connectivity index (χ1) is 8.83. The molecule has 0 aliphatic heterocycles. The van der Waals surface area contributed by atoms with Crippen LogP contribution in [-0.2, 0) is 0 Å². The number of aromatic nitrogens is 3. The van der Waals surface area contributed by atoms with E-state index in [1.807, 2.05) is 6.07 Å². The summed E-state index contributed by atoms with van der Waals surface area (Å²) in [6, 6.07) is 2.28. The lowest BCUT2D eigenvalue weighted by Gasteiger charge is -2.14. The highest BCUT2D eigenvalue weighted by molar-refractivity contribution is 5.87. The van der Waals surface area contributed by atoms with Gasteiger partial charge in [-0.25, -0.2) is 4.98 Å². The second-order valence-electron chi connectivity index (χ2n) is 4.72. The van der Waals surface area contributed by atoms with Crippen LogP contribution in [0.4, 0.5) is 5.95 Å². The normalized spacial score (nSPS) is 16.3. The lowest BCUT2D eigenvalue weighted by Crippen LogP contribution is -2.09. The van der Waals surface area contributed by atoms with Gasteiger partial charge in [0.05, 0.1) is 5.69 Å². The molecule has 5 heteroatoms. The molecule has 1 aliphatic rings. The van der Waals surface area contributed by atoms with Gasteiger partial charge in [0.2, 0.25) is 5.95 Å². The third kappa shape index (κ3) is 1.66. The van der Waals surface area contributed by atoms with Gasteiger partial charge in [-0.3, -0.25) is 4.79 Å². The van der Waals surface area contributed by atoms with Gasteiger partial charge in [-0.2, -0.15) is 4.98 Å². The van der Waals surface area contributed by atoms with E-state index in [1.54, 1.807) is 13.2 Å². The zero-order chi connectivity index (χ0) is 12.5. The molecule has 0 spiro atoms. The maximum Gasteiger partial charge on any atom is 0.224 e. The standard InChI is InChI=1S/C13H16N4O/c1-14-13-15-7-9-6-11(8-18)17(12(9)16-13)10-4-2-3-5-10/h6-8,10H,2-5H2,1H3,(H,14,15,16). The minimum absolute atomic E-state index is 0.405. The van der Waals surface area contributed by atoms with Gasteiger partial charge in [0.15, 0.2) is 6.29 Å². The van der Waals surface area contributed by atoms with Crippen molar-refractivity contribution in [2.75, 3.05) is 12.4 Å². The summed E-state index contributed by atoms with van der Waals surface area (Å²) < 4.78 is 2.08. The molecule has 0 saturated heterocycles. The number of hydrogen-bond acceptors (Lipinski definition) is 4. The van der Waals surface area contributed by atoms with Gasteiger partial charge in [0.1, 0.15) is 5.65 Å². The Hall–Kier alpha value is -1.91. The molecule has 5 nitrogen and oxygen atoms in total. The minimum Gasteiger partial charge on any atom is -0.357 e. The second-order valence-corrected chi connectivity index (χ2v) is 4.72. The largest absolute Gasteiger partial charge is 0.357 e. The summed E-state index contributed by atoms with van der Waals surface area (Å²) in [6.07, 6.45) is 7.40. The fraction of sp³-hybridized carbons (Fsp3) is 0.462. The molecule has 2 aromatic heterocycles. The van der Waals surface area contributed by atoms with Gasteiger partial charge >= 0.3 is 0 Å². The maximum absolute atomic E-state index is 11.2. The summed E-state index contributed by atoms with van der Waals surface area (Å²) in [4.78, 5) is 19.9. The molecule has 0 amide bonds. The molecule has 18 heavy (non-hydrogen) atoms. The van der Waals surface area contributed by atoms with Gasteiger partial charge in [0.25, 0.3) is 0 Å². The van der Waals surface area contributed by atoms with Gasteiger partial charge in [-0.05, 0) is 18.9 Å². The minimum atomic E-state index is 0.405. The van der Waals surface area contributed by atoms with Gasteiger partial charge in [-0.1, -0.05) is 12.8 Å². The molecule has 2 aromatic rings. The molecule has 0 atom stereocenters. The number of fused-ring (bicyclic) bond motifs is 1. The van der Waals surface area contributed by atoms with E-state index in [2.05, 4.69) is 19.9 Å². The summed E-state index contributed by atoms with van der Waals surface area (Å²) >= 11 is 0. The first-order valence-electron chi connectivity index (χ1n) is 6.34. The van der Waals surface area contributed by atoms with Crippen LogP contribution in [0, 0.1) is 0 Å². The first-order valence-corrected chi connectivity index (χ1v) is 6.34. The summed E-state index contributed by atoms with van der Waals surface area (Å²) in [5.41, 5.74) is 1.57. The molecule has 0 radical (unpaired) electrons. The Labute approximate surface area is 105 Å². The van der Waals surface area contributed by atoms with Crippen molar-refractivity contribution >= 4 is 23.3 Å². The number of hydrogen-bond donors (Lipinski definition) is 1. The van der Waals surface area contributed by atoms with Crippen molar-refractivity contribution in [2.45, 2.75) is 31.7 Å². The highest BCUT2D eigenvalue weighted by Crippen LogP contribution is 2.33. The van der Waals surface area contributed by atoms with Crippen LogP contribution >= 0.6 is 0 Å². The lowest BCUT2D eigenvalue weighted by atomic mass is 10.2. The van der Waals surface area contributed by atoms with Crippen LogP contribution in [0.2, 0.25) is 0 Å². The van der Waals surface area contributed by atoms with Crippen LogP contribution in [0.25, 0.3) is 11.0 Å². The van der Waals surface area contributed by atoms with Crippen LogP contribution in [0.15, 0.2) is 12.3 Å². The SMILES string of the molecule is CNc1ncc2cc(C=O)n(C3CCCC3)c2n1. The van der Waals surface area contributed by atoms with E-state index >= 15 is 0 Å². The Morgan fingerprint density at radius 1 is 1.44 bits per heavy atom. The van der Waals surface area contributed by atoms with Crippen molar-refractivity contribution in [2.24, 2.45) is 0 Å². The molecule has 1 aliphatic carbocycles. The van der Waals surface area contributed by atoms with Crippen molar-refractivity contribution < 1.29 is 4.79 Å². The van der Waals surface area contributed by atoms with Crippen molar-refractivity contribution in [1.82, 2.24) is 14.5 Å². The van der Waals surface area contributed by atoms with Crippen molar-refractivity contribution in [3.8, 4) is 0 Å². The Balaban J connectivity index is 2.20. The Morgan fingerprint density at radius 2 is 2.22 bits per heavy atom. The van der Waals surface area contributed by atoms with Gasteiger partial charge in [0, 0.05) is 24.7 Å². The average molecular weight is 244 g/mol. The number of aldehydes is 1. The van der Waals surface area contributed by atoms with Crippen molar-refractivity contribution in [3.63, 3.8) is 0 Å². The Morgan fingerprint density at radius 3 is 2.89 bits per heavy atom. The van der Waals surface area contributed by atoms with E-state index in [-0.39, 0.29) is 0 Å². The fourth-order valence-corrected chi connectivity index (χ4v) is 2.79. The number of carbonyl (C=O) groups is 1. The molecular formula is C13H16N4O. The highest BCUT2D eigenvalue weighted by atomic mass is 16.1. The van der Waals surface area contributed by atoms with E-state index in [9.17, 15) is 4.79 Å². The van der Waals surface area contributed by atoms with Crippen LogP contribution in [0.3, 0.4) is 0 Å².